The zero-order valence-electron chi connectivity index (χ0n) is 15.2. The van der Waals surface area contributed by atoms with Crippen LogP contribution in [0.15, 0.2) is 24.4 Å². The molecule has 3 atom stereocenters. The summed E-state index contributed by atoms with van der Waals surface area (Å²) in [5, 5.41) is 13.3. The first kappa shape index (κ1) is 17.3. The molecule has 2 saturated carbocycles. The summed E-state index contributed by atoms with van der Waals surface area (Å²) in [6.45, 7) is 0.535. The van der Waals surface area contributed by atoms with Crippen molar-refractivity contribution >= 4 is 17.6 Å². The van der Waals surface area contributed by atoms with E-state index in [9.17, 15) is 9.18 Å². The van der Waals surface area contributed by atoms with E-state index in [2.05, 4.69) is 25.8 Å². The first-order chi connectivity index (χ1) is 13.6. The number of alkyl carbamates (subject to hydrolysis) is 1. The molecule has 8 bridgehead atoms. The summed E-state index contributed by atoms with van der Waals surface area (Å²) in [5.74, 6) is 1.45. The lowest BCUT2D eigenvalue weighted by Gasteiger charge is -2.35. The number of amides is 1. The smallest absolute Gasteiger partial charge is 0.407 e. The van der Waals surface area contributed by atoms with Crippen LogP contribution < -0.4 is 15.4 Å². The van der Waals surface area contributed by atoms with Crippen molar-refractivity contribution in [3.8, 4) is 5.88 Å². The maximum absolute atomic E-state index is 14.4. The fourth-order valence-electron chi connectivity index (χ4n) is 4.18. The quantitative estimate of drug-likeness (QED) is 0.642. The summed E-state index contributed by atoms with van der Waals surface area (Å²) in [5.41, 5.74) is 1.64. The summed E-state index contributed by atoms with van der Waals surface area (Å²) in [4.78, 5) is 16.4. The average Bonchev–Trinajstić information content (AvgIpc) is 3.23. The minimum atomic E-state index is -1.18. The minimum Gasteiger partial charge on any atom is -0.477 e. The molecule has 0 saturated heterocycles. The largest absolute Gasteiger partial charge is 0.477 e. The second kappa shape index (κ2) is 6.96. The molecular weight excluding hydrogens is 365 g/mol. The Morgan fingerprint density at radius 1 is 1.18 bits per heavy atom. The zero-order valence-corrected chi connectivity index (χ0v) is 15.2. The molecule has 0 radical (unpaired) electrons. The van der Waals surface area contributed by atoms with Crippen LogP contribution in [0, 0.1) is 5.92 Å². The molecule has 9 heteroatoms. The highest BCUT2D eigenvalue weighted by Crippen LogP contribution is 2.38. The summed E-state index contributed by atoms with van der Waals surface area (Å²) in [6, 6.07) is 5.57. The van der Waals surface area contributed by atoms with E-state index in [4.69, 9.17) is 9.47 Å². The number of ether oxygens (including phenoxy) is 2. The number of halogens is 1. The van der Waals surface area contributed by atoms with E-state index in [1.54, 1.807) is 6.20 Å². The minimum absolute atomic E-state index is 0.0476. The molecule has 1 amide bonds. The van der Waals surface area contributed by atoms with Crippen LogP contribution in [0.5, 0.6) is 5.88 Å². The third kappa shape index (κ3) is 3.48. The molecule has 28 heavy (non-hydrogen) atoms. The van der Waals surface area contributed by atoms with Gasteiger partial charge in [-0.3, -0.25) is 5.10 Å². The van der Waals surface area contributed by atoms with Crippen LogP contribution in [0.1, 0.15) is 37.3 Å². The van der Waals surface area contributed by atoms with E-state index >= 15 is 0 Å². The Labute approximate surface area is 161 Å². The maximum Gasteiger partial charge on any atom is 0.407 e. The Bertz CT molecular complexity index is 869. The summed E-state index contributed by atoms with van der Waals surface area (Å²) in [7, 11) is 0. The summed E-state index contributed by atoms with van der Waals surface area (Å²) >= 11 is 0. The summed E-state index contributed by atoms with van der Waals surface area (Å²) < 4.78 is 25.6. The van der Waals surface area contributed by atoms with Crippen molar-refractivity contribution in [2.45, 2.75) is 49.9 Å². The van der Waals surface area contributed by atoms with Crippen molar-refractivity contribution in [1.82, 2.24) is 20.5 Å². The topological polar surface area (TPSA) is 101 Å². The Kier molecular flexibility index (Phi) is 4.29. The third-order valence-electron chi connectivity index (χ3n) is 5.76. The molecule has 2 aliphatic heterocycles. The van der Waals surface area contributed by atoms with Crippen molar-refractivity contribution in [3.05, 3.63) is 30.1 Å². The van der Waals surface area contributed by atoms with Crippen molar-refractivity contribution in [3.63, 3.8) is 0 Å². The fraction of sp³-hybridized carbons (Fsp3) is 0.526. The number of anilines is 2. The van der Waals surface area contributed by atoms with E-state index < -0.39 is 18.4 Å². The molecule has 0 aromatic carbocycles. The Morgan fingerprint density at radius 2 is 2.07 bits per heavy atom. The average molecular weight is 387 g/mol. The molecule has 4 heterocycles. The lowest BCUT2D eigenvalue weighted by molar-refractivity contribution is 0.0508. The van der Waals surface area contributed by atoms with Gasteiger partial charge in [0.2, 0.25) is 5.88 Å². The predicted octanol–water partition coefficient (Wildman–Crippen LogP) is 3.03. The number of carbonyl (C=O) groups excluding carboxylic acids is 1. The molecule has 2 aliphatic carbocycles. The molecule has 6 rings (SSSR count). The fourth-order valence-corrected chi connectivity index (χ4v) is 4.18. The van der Waals surface area contributed by atoms with Crippen LogP contribution in [-0.2, 0) is 4.74 Å². The standard InChI is InChI=1S/C19H22FN5O3/c20-14-5-11-6-16(14)28-19(26)23-13-3-10(4-13)9-27-18-7-12(1-2-21-18)22-17-8-15(11)24-25-17/h1-2,7-8,10-11,13-14,16H,3-6,9H2,(H,23,26)(H2,22,24,25)/t10?,11?,13?,14-,16+/m0/s1. The number of aromatic amines is 1. The lowest BCUT2D eigenvalue weighted by Crippen LogP contribution is -2.47. The van der Waals surface area contributed by atoms with Crippen molar-refractivity contribution in [2.75, 3.05) is 11.9 Å². The first-order valence-electron chi connectivity index (χ1n) is 9.65. The third-order valence-corrected chi connectivity index (χ3v) is 5.76. The highest BCUT2D eigenvalue weighted by Gasteiger charge is 2.39. The number of aromatic nitrogens is 3. The van der Waals surface area contributed by atoms with Crippen LogP contribution in [0.3, 0.4) is 0 Å². The number of fused-ring (bicyclic) bond motifs is 3. The second-order valence-corrected chi connectivity index (χ2v) is 7.83. The number of nitrogens with one attached hydrogen (secondary N) is 3. The number of carbonyl (C=O) groups is 1. The molecule has 3 N–H and O–H groups in total. The van der Waals surface area contributed by atoms with E-state index in [0.717, 1.165) is 24.2 Å². The molecule has 148 valence electrons. The Balaban J connectivity index is 1.38. The van der Waals surface area contributed by atoms with E-state index in [0.29, 0.717) is 37.1 Å². The van der Waals surface area contributed by atoms with Gasteiger partial charge in [-0.15, -0.1) is 0 Å². The molecule has 2 aromatic heterocycles. The number of hydrogen-bond donors (Lipinski definition) is 3. The van der Waals surface area contributed by atoms with Gasteiger partial charge in [-0.2, -0.15) is 5.10 Å². The van der Waals surface area contributed by atoms with Gasteiger partial charge in [0, 0.05) is 41.7 Å². The zero-order chi connectivity index (χ0) is 19.1. The highest BCUT2D eigenvalue weighted by atomic mass is 19.1. The van der Waals surface area contributed by atoms with Crippen LogP contribution in [0.2, 0.25) is 0 Å². The van der Waals surface area contributed by atoms with Gasteiger partial charge in [-0.05, 0) is 37.7 Å². The molecule has 8 nitrogen and oxygen atoms in total. The van der Waals surface area contributed by atoms with Crippen molar-refractivity contribution < 1.29 is 18.7 Å². The SMILES string of the molecule is O=C1NC2CC(COc3cc(ccn3)Nc3cc([nH]n3)C3C[C@H](F)[C@@H](C3)O1)C2. The molecule has 2 fully saturated rings. The number of H-pyrrole nitrogens is 1. The lowest BCUT2D eigenvalue weighted by atomic mass is 9.81. The first-order valence-corrected chi connectivity index (χ1v) is 9.65. The molecule has 1 unspecified atom stereocenters. The maximum atomic E-state index is 14.4. The highest BCUT2D eigenvalue weighted by molar-refractivity contribution is 5.68. The number of pyridine rings is 1. The predicted molar refractivity (Wildman–Crippen MR) is 98.4 cm³/mol. The van der Waals surface area contributed by atoms with Crippen molar-refractivity contribution in [1.29, 1.82) is 0 Å². The molecule has 2 aromatic rings. The van der Waals surface area contributed by atoms with Gasteiger partial charge in [0.25, 0.3) is 0 Å². The normalized spacial score (nSPS) is 31.9. The monoisotopic (exact) mass is 387 g/mol. The van der Waals surface area contributed by atoms with E-state index in [1.807, 2.05) is 18.2 Å². The van der Waals surface area contributed by atoms with Gasteiger partial charge in [0.15, 0.2) is 5.82 Å². The van der Waals surface area contributed by atoms with Crippen LogP contribution in [0.25, 0.3) is 0 Å². The summed E-state index contributed by atoms with van der Waals surface area (Å²) in [6.07, 6.45) is 1.60. The van der Waals surface area contributed by atoms with Crippen LogP contribution in [0.4, 0.5) is 20.7 Å². The van der Waals surface area contributed by atoms with E-state index in [1.165, 1.54) is 0 Å². The Hall–Kier alpha value is -2.84. The van der Waals surface area contributed by atoms with Gasteiger partial charge in [-0.1, -0.05) is 0 Å². The molecule has 4 aliphatic rings. The van der Waals surface area contributed by atoms with E-state index in [-0.39, 0.29) is 12.0 Å². The van der Waals surface area contributed by atoms with Crippen LogP contribution in [-0.4, -0.2) is 46.2 Å². The van der Waals surface area contributed by atoms with Gasteiger partial charge >= 0.3 is 6.09 Å². The molecule has 0 spiro atoms. The van der Waals surface area contributed by atoms with Gasteiger partial charge < -0.3 is 20.1 Å². The number of hydrogen-bond acceptors (Lipinski definition) is 6. The number of alkyl halides is 1. The number of nitrogens with zero attached hydrogens (tertiary/aromatic N) is 2. The van der Waals surface area contributed by atoms with Gasteiger partial charge in [-0.25, -0.2) is 14.2 Å². The molecular formula is C19H22FN5O3. The van der Waals surface area contributed by atoms with Crippen LogP contribution >= 0.6 is 0 Å². The van der Waals surface area contributed by atoms with Gasteiger partial charge in [0.1, 0.15) is 12.3 Å². The van der Waals surface area contributed by atoms with Crippen molar-refractivity contribution in [2.24, 2.45) is 5.92 Å². The van der Waals surface area contributed by atoms with Gasteiger partial charge in [0.05, 0.1) is 6.61 Å². The number of rotatable bonds is 0. The second-order valence-electron chi connectivity index (χ2n) is 7.83. The Morgan fingerprint density at radius 3 is 2.96 bits per heavy atom.